The van der Waals surface area contributed by atoms with Crippen LogP contribution >= 0.6 is 0 Å². The molecule has 1 unspecified atom stereocenters. The average Bonchev–Trinajstić information content (AvgIpc) is 2.89. The molecule has 0 aliphatic carbocycles. The molecule has 8 nitrogen and oxygen atoms in total. The third-order valence-corrected chi connectivity index (χ3v) is 10.2. The van der Waals surface area contributed by atoms with Gasteiger partial charge in [-0.1, -0.05) is 24.3 Å². The van der Waals surface area contributed by atoms with Crippen LogP contribution < -0.4 is 10.3 Å². The third-order valence-electron chi connectivity index (χ3n) is 6.82. The quantitative estimate of drug-likeness (QED) is 0.414. The topological polar surface area (TPSA) is 113 Å². The van der Waals surface area contributed by atoms with Crippen molar-refractivity contribution in [2.24, 2.45) is 7.05 Å². The van der Waals surface area contributed by atoms with Gasteiger partial charge in [-0.15, -0.1) is 4.72 Å². The highest BCUT2D eigenvalue weighted by Crippen LogP contribution is 2.43. The SMILES string of the molecule is Cc1cc(C(N[S@+]([O-])C(C)(C)C)C(F)(F)S(=O)(=O)c2ccccc2)c2nc(C3CCOCC3)n(C)c(=O)c2c1. The van der Waals surface area contributed by atoms with E-state index in [9.17, 15) is 17.8 Å². The van der Waals surface area contributed by atoms with Crippen LogP contribution in [0.3, 0.4) is 0 Å². The molecule has 1 aromatic heterocycles. The highest BCUT2D eigenvalue weighted by atomic mass is 32.2. The molecule has 0 saturated carbocycles. The van der Waals surface area contributed by atoms with E-state index in [1.807, 2.05) is 0 Å². The van der Waals surface area contributed by atoms with Crippen LogP contribution in [-0.4, -0.2) is 45.7 Å². The van der Waals surface area contributed by atoms with Crippen molar-refractivity contribution in [2.45, 2.75) is 67.4 Å². The Morgan fingerprint density at radius 1 is 1.15 bits per heavy atom. The normalized spacial score (nSPS) is 17.3. The summed E-state index contributed by atoms with van der Waals surface area (Å²) in [5.74, 6) is 0.268. The van der Waals surface area contributed by atoms with E-state index in [0.717, 1.165) is 12.1 Å². The molecular formula is C27H33F2N3O5S2. The maximum absolute atomic E-state index is 16.4. The zero-order valence-electron chi connectivity index (χ0n) is 22.5. The Balaban J connectivity index is 2.01. The van der Waals surface area contributed by atoms with E-state index in [1.54, 1.807) is 40.8 Å². The van der Waals surface area contributed by atoms with Gasteiger partial charge in [-0.2, -0.15) is 8.78 Å². The van der Waals surface area contributed by atoms with Crippen molar-refractivity contribution in [1.29, 1.82) is 0 Å². The Bertz CT molecular complexity index is 1520. The number of hydrogen-bond donors (Lipinski definition) is 1. The van der Waals surface area contributed by atoms with Crippen molar-refractivity contribution < 1.29 is 26.5 Å². The lowest BCUT2D eigenvalue weighted by molar-refractivity contribution is 0.0557. The molecule has 3 aromatic rings. The van der Waals surface area contributed by atoms with Crippen LogP contribution in [0.5, 0.6) is 0 Å². The number of aromatic nitrogens is 2. The monoisotopic (exact) mass is 581 g/mol. The predicted octanol–water partition coefficient (Wildman–Crippen LogP) is 4.30. The Morgan fingerprint density at radius 2 is 1.77 bits per heavy atom. The first-order valence-corrected chi connectivity index (χ1v) is 15.2. The smallest absolute Gasteiger partial charge is 0.373 e. The fourth-order valence-electron chi connectivity index (χ4n) is 4.62. The molecule has 1 N–H and O–H groups in total. The van der Waals surface area contributed by atoms with Gasteiger partial charge < -0.3 is 9.29 Å². The van der Waals surface area contributed by atoms with Crippen molar-refractivity contribution in [3.8, 4) is 0 Å². The van der Waals surface area contributed by atoms with E-state index in [2.05, 4.69) is 4.72 Å². The van der Waals surface area contributed by atoms with Gasteiger partial charge in [0.2, 0.25) is 9.84 Å². The summed E-state index contributed by atoms with van der Waals surface area (Å²) in [5.41, 5.74) is -0.234. The molecule has 0 spiro atoms. The molecule has 0 radical (unpaired) electrons. The van der Waals surface area contributed by atoms with E-state index in [4.69, 9.17) is 9.72 Å². The first kappa shape index (κ1) is 29.6. The lowest BCUT2D eigenvalue weighted by atomic mass is 9.97. The second-order valence-electron chi connectivity index (χ2n) is 10.8. The van der Waals surface area contributed by atoms with E-state index in [-0.39, 0.29) is 22.4 Å². The molecule has 2 atom stereocenters. The number of aryl methyl sites for hydroxylation is 1. The molecular weight excluding hydrogens is 548 g/mol. The van der Waals surface area contributed by atoms with Crippen LogP contribution in [0.1, 0.15) is 62.5 Å². The van der Waals surface area contributed by atoms with Crippen molar-refractivity contribution in [3.63, 3.8) is 0 Å². The lowest BCUT2D eigenvalue weighted by Gasteiger charge is -2.32. The second kappa shape index (κ2) is 10.9. The Morgan fingerprint density at radius 3 is 2.36 bits per heavy atom. The summed E-state index contributed by atoms with van der Waals surface area (Å²) in [7, 11) is -3.68. The van der Waals surface area contributed by atoms with Crippen molar-refractivity contribution in [3.05, 3.63) is 69.8 Å². The van der Waals surface area contributed by atoms with Crippen molar-refractivity contribution >= 4 is 32.1 Å². The minimum Gasteiger partial charge on any atom is -0.598 e. The number of rotatable bonds is 7. The van der Waals surface area contributed by atoms with Gasteiger partial charge in [0.05, 0.1) is 15.8 Å². The van der Waals surface area contributed by atoms with Gasteiger partial charge in [0.25, 0.3) is 5.56 Å². The molecule has 0 amide bonds. The van der Waals surface area contributed by atoms with Crippen molar-refractivity contribution in [2.75, 3.05) is 13.2 Å². The van der Waals surface area contributed by atoms with Gasteiger partial charge in [0, 0.05) is 43.1 Å². The fraction of sp³-hybridized carbons (Fsp3) is 0.481. The molecule has 2 aromatic carbocycles. The Kier molecular flexibility index (Phi) is 8.26. The van der Waals surface area contributed by atoms with Gasteiger partial charge in [-0.3, -0.25) is 9.36 Å². The first-order chi connectivity index (χ1) is 18.2. The summed E-state index contributed by atoms with van der Waals surface area (Å²) in [5, 5.41) is -4.39. The van der Waals surface area contributed by atoms with Gasteiger partial charge >= 0.3 is 5.25 Å². The summed E-state index contributed by atoms with van der Waals surface area (Å²) in [6.45, 7) is 7.33. The number of ether oxygens (including phenoxy) is 1. The van der Waals surface area contributed by atoms with Crippen LogP contribution in [0.25, 0.3) is 10.9 Å². The molecule has 1 aliphatic rings. The largest absolute Gasteiger partial charge is 0.598 e. The van der Waals surface area contributed by atoms with Crippen LogP contribution in [-0.2, 0) is 33.0 Å². The fourth-order valence-corrected chi connectivity index (χ4v) is 6.86. The highest BCUT2D eigenvalue weighted by Gasteiger charge is 2.56. The van der Waals surface area contributed by atoms with Crippen LogP contribution in [0.15, 0.2) is 52.2 Å². The molecule has 1 aliphatic heterocycles. The zero-order valence-corrected chi connectivity index (χ0v) is 24.2. The molecule has 4 rings (SSSR count). The van der Waals surface area contributed by atoms with Crippen LogP contribution in [0, 0.1) is 6.92 Å². The summed E-state index contributed by atoms with van der Waals surface area (Å²) in [6.07, 6.45) is 1.20. The minimum atomic E-state index is -5.27. The summed E-state index contributed by atoms with van der Waals surface area (Å²) in [6, 6.07) is 7.07. The van der Waals surface area contributed by atoms with E-state index < -0.39 is 47.7 Å². The van der Waals surface area contributed by atoms with Gasteiger partial charge in [-0.05, 0) is 64.3 Å². The molecule has 212 valence electrons. The summed E-state index contributed by atoms with van der Waals surface area (Å²) in [4.78, 5) is 17.6. The van der Waals surface area contributed by atoms with E-state index in [0.29, 0.717) is 37.4 Å². The summed E-state index contributed by atoms with van der Waals surface area (Å²) < 4.78 is 80.9. The maximum atomic E-state index is 16.4. The standard InChI is InChI=1S/C27H33F2N3O5S2/c1-17-15-20(22-21(16-17)25(33)32(5)24(30-22)18-11-13-37-14-12-18)23(31-38(34)26(2,3)4)27(28,29)39(35,36)19-9-7-6-8-10-19/h6-10,15-16,18,23,31H,11-14H2,1-5H3/t23?,38-/m1/s1. The lowest BCUT2D eigenvalue weighted by Crippen LogP contribution is -2.49. The number of benzene rings is 2. The van der Waals surface area contributed by atoms with Crippen LogP contribution in [0.2, 0.25) is 0 Å². The molecule has 2 heterocycles. The number of hydrogen-bond acceptors (Lipinski definition) is 7. The number of halogens is 2. The van der Waals surface area contributed by atoms with E-state index >= 15 is 8.78 Å². The van der Waals surface area contributed by atoms with Gasteiger partial charge in [0.15, 0.2) is 6.04 Å². The zero-order chi connectivity index (χ0) is 28.8. The van der Waals surface area contributed by atoms with Gasteiger partial charge in [0.1, 0.15) is 10.6 Å². The van der Waals surface area contributed by atoms with Crippen LogP contribution in [0.4, 0.5) is 8.78 Å². The van der Waals surface area contributed by atoms with Crippen molar-refractivity contribution in [1.82, 2.24) is 14.3 Å². The Labute approximate surface area is 230 Å². The first-order valence-electron chi connectivity index (χ1n) is 12.6. The highest BCUT2D eigenvalue weighted by molar-refractivity contribution is 7.93. The predicted molar refractivity (Wildman–Crippen MR) is 147 cm³/mol. The van der Waals surface area contributed by atoms with Gasteiger partial charge in [-0.25, -0.2) is 13.4 Å². The molecule has 1 saturated heterocycles. The Hall–Kier alpha value is -2.38. The molecule has 1 fully saturated rings. The third kappa shape index (κ3) is 5.62. The number of fused-ring (bicyclic) bond motifs is 1. The minimum absolute atomic E-state index is 0.0449. The molecule has 39 heavy (non-hydrogen) atoms. The number of nitrogens with one attached hydrogen (secondary N) is 1. The molecule has 12 heteroatoms. The number of alkyl halides is 2. The number of nitrogens with zero attached hydrogens (tertiary/aromatic N) is 2. The molecule has 0 bridgehead atoms. The average molecular weight is 582 g/mol. The second-order valence-corrected chi connectivity index (χ2v) is 14.8. The summed E-state index contributed by atoms with van der Waals surface area (Å²) >= 11 is -2.10. The number of sulfone groups is 1. The van der Waals surface area contributed by atoms with E-state index in [1.165, 1.54) is 28.8 Å². The maximum Gasteiger partial charge on any atom is 0.373 e.